The zero-order valence-electron chi connectivity index (χ0n) is 10.3. The Bertz CT molecular complexity index is 346. The van der Waals surface area contributed by atoms with E-state index in [0.29, 0.717) is 0 Å². The summed E-state index contributed by atoms with van der Waals surface area (Å²) in [5, 5.41) is 0. The van der Waals surface area contributed by atoms with Crippen LogP contribution in [-0.4, -0.2) is 18.0 Å². The molecule has 1 aromatic carbocycles. The molecular formula is C14H22N2. The Balaban J connectivity index is 1.92. The van der Waals surface area contributed by atoms with Crippen molar-refractivity contribution in [1.29, 1.82) is 0 Å². The highest BCUT2D eigenvalue weighted by Gasteiger charge is 2.24. The van der Waals surface area contributed by atoms with Crippen molar-refractivity contribution in [2.45, 2.75) is 26.8 Å². The average Bonchev–Trinajstić information content (AvgIpc) is 2.66. The molecule has 0 saturated carbocycles. The monoisotopic (exact) mass is 218 g/mol. The lowest BCUT2D eigenvalue weighted by atomic mass is 9.95. The predicted molar refractivity (Wildman–Crippen MR) is 69.1 cm³/mol. The summed E-state index contributed by atoms with van der Waals surface area (Å²) in [6.07, 6.45) is 1.35. The quantitative estimate of drug-likeness (QED) is 0.790. The number of hydrogen-bond donors (Lipinski definition) is 1. The van der Waals surface area contributed by atoms with Gasteiger partial charge in [0.05, 0.1) is 0 Å². The van der Waals surface area contributed by atoms with E-state index in [1.54, 1.807) is 0 Å². The van der Waals surface area contributed by atoms with E-state index in [0.717, 1.165) is 24.1 Å². The van der Waals surface area contributed by atoms with E-state index in [-0.39, 0.29) is 0 Å². The van der Waals surface area contributed by atoms with E-state index in [1.165, 1.54) is 25.1 Å². The zero-order chi connectivity index (χ0) is 11.5. The molecule has 0 aromatic heterocycles. The van der Waals surface area contributed by atoms with Crippen molar-refractivity contribution in [3.63, 3.8) is 0 Å². The largest absolute Gasteiger partial charge is 0.399 e. The van der Waals surface area contributed by atoms with Crippen LogP contribution in [0.15, 0.2) is 24.3 Å². The molecule has 2 heteroatoms. The van der Waals surface area contributed by atoms with Crippen molar-refractivity contribution in [2.24, 2.45) is 11.8 Å². The third kappa shape index (κ3) is 2.76. The number of nitrogens with two attached hydrogens (primary N) is 1. The lowest BCUT2D eigenvalue weighted by Crippen LogP contribution is -2.21. The van der Waals surface area contributed by atoms with Crippen molar-refractivity contribution in [1.82, 2.24) is 4.90 Å². The minimum Gasteiger partial charge on any atom is -0.399 e. The van der Waals surface area contributed by atoms with Gasteiger partial charge in [0.2, 0.25) is 0 Å². The summed E-state index contributed by atoms with van der Waals surface area (Å²) < 4.78 is 0. The maximum Gasteiger partial charge on any atom is 0.0317 e. The van der Waals surface area contributed by atoms with Gasteiger partial charge >= 0.3 is 0 Å². The summed E-state index contributed by atoms with van der Waals surface area (Å²) in [6, 6.07) is 8.24. The lowest BCUT2D eigenvalue weighted by molar-refractivity contribution is 0.297. The first-order valence-electron chi connectivity index (χ1n) is 6.22. The van der Waals surface area contributed by atoms with E-state index < -0.39 is 0 Å². The number of anilines is 1. The molecule has 2 rings (SSSR count). The molecule has 0 spiro atoms. The molecule has 1 saturated heterocycles. The molecule has 1 unspecified atom stereocenters. The fourth-order valence-corrected chi connectivity index (χ4v) is 2.50. The average molecular weight is 218 g/mol. The van der Waals surface area contributed by atoms with E-state index in [2.05, 4.69) is 30.9 Å². The van der Waals surface area contributed by atoms with Gasteiger partial charge in [0.25, 0.3) is 0 Å². The topological polar surface area (TPSA) is 29.3 Å². The number of nitrogen functional groups attached to an aromatic ring is 1. The first kappa shape index (κ1) is 11.5. The molecule has 1 aliphatic heterocycles. The number of rotatable bonds is 3. The Labute approximate surface area is 98.4 Å². The number of benzene rings is 1. The summed E-state index contributed by atoms with van der Waals surface area (Å²) in [4.78, 5) is 2.54. The fourth-order valence-electron chi connectivity index (χ4n) is 2.50. The van der Waals surface area contributed by atoms with E-state index in [4.69, 9.17) is 5.73 Å². The van der Waals surface area contributed by atoms with Gasteiger partial charge in [-0.15, -0.1) is 0 Å². The van der Waals surface area contributed by atoms with Crippen LogP contribution in [0.5, 0.6) is 0 Å². The highest BCUT2D eigenvalue weighted by molar-refractivity contribution is 5.40. The van der Waals surface area contributed by atoms with Gasteiger partial charge in [0.1, 0.15) is 0 Å². The third-order valence-corrected chi connectivity index (χ3v) is 3.61. The molecule has 16 heavy (non-hydrogen) atoms. The number of nitrogens with zero attached hydrogens (tertiary/aromatic N) is 1. The van der Waals surface area contributed by atoms with E-state index in [9.17, 15) is 0 Å². The van der Waals surface area contributed by atoms with Crippen LogP contribution in [-0.2, 0) is 6.54 Å². The van der Waals surface area contributed by atoms with E-state index in [1.807, 2.05) is 12.1 Å². The van der Waals surface area contributed by atoms with Crippen LogP contribution in [0.2, 0.25) is 0 Å². The van der Waals surface area contributed by atoms with Crippen molar-refractivity contribution in [3.8, 4) is 0 Å². The highest BCUT2D eigenvalue weighted by atomic mass is 15.1. The Hall–Kier alpha value is -1.02. The van der Waals surface area contributed by atoms with Crippen LogP contribution in [0.25, 0.3) is 0 Å². The van der Waals surface area contributed by atoms with Crippen molar-refractivity contribution in [2.75, 3.05) is 18.8 Å². The molecule has 2 nitrogen and oxygen atoms in total. The molecule has 1 atom stereocenters. The van der Waals surface area contributed by atoms with Crippen LogP contribution < -0.4 is 5.73 Å². The minimum absolute atomic E-state index is 0.811. The molecule has 0 amide bonds. The van der Waals surface area contributed by atoms with Crippen LogP contribution in [0, 0.1) is 11.8 Å². The van der Waals surface area contributed by atoms with Gasteiger partial charge in [-0.25, -0.2) is 0 Å². The number of likely N-dealkylation sites (tertiary alicyclic amines) is 1. The molecule has 1 aromatic rings. The molecule has 1 aliphatic rings. The minimum atomic E-state index is 0.811. The lowest BCUT2D eigenvalue weighted by Gasteiger charge is -2.18. The van der Waals surface area contributed by atoms with Crippen molar-refractivity contribution >= 4 is 5.69 Å². The summed E-state index contributed by atoms with van der Waals surface area (Å²) in [6.45, 7) is 8.18. The van der Waals surface area contributed by atoms with Gasteiger partial charge in [-0.2, -0.15) is 0 Å². The maximum absolute atomic E-state index is 5.79. The molecule has 2 N–H and O–H groups in total. The summed E-state index contributed by atoms with van der Waals surface area (Å²) >= 11 is 0. The Morgan fingerprint density at radius 1 is 1.44 bits per heavy atom. The highest BCUT2D eigenvalue weighted by Crippen LogP contribution is 2.25. The van der Waals surface area contributed by atoms with Crippen LogP contribution >= 0.6 is 0 Å². The molecule has 88 valence electrons. The molecule has 0 bridgehead atoms. The standard InChI is InChI=1S/C14H22N2/c1-11(2)13-6-7-16(10-13)9-12-4-3-5-14(15)8-12/h3-5,8,11,13H,6-7,9-10,15H2,1-2H3. The van der Waals surface area contributed by atoms with Crippen molar-refractivity contribution in [3.05, 3.63) is 29.8 Å². The molecule has 1 fully saturated rings. The Morgan fingerprint density at radius 3 is 2.88 bits per heavy atom. The second-order valence-corrected chi connectivity index (χ2v) is 5.27. The van der Waals surface area contributed by atoms with Gasteiger partial charge in [0.15, 0.2) is 0 Å². The zero-order valence-corrected chi connectivity index (χ0v) is 10.3. The predicted octanol–water partition coefficient (Wildman–Crippen LogP) is 2.75. The Kier molecular flexibility index (Phi) is 3.49. The SMILES string of the molecule is CC(C)C1CCN(Cc2cccc(N)c2)C1. The smallest absolute Gasteiger partial charge is 0.0317 e. The molecule has 0 radical (unpaired) electrons. The first-order valence-corrected chi connectivity index (χ1v) is 6.22. The van der Waals surface area contributed by atoms with Gasteiger partial charge in [-0.1, -0.05) is 26.0 Å². The normalized spacial score (nSPS) is 21.8. The second-order valence-electron chi connectivity index (χ2n) is 5.27. The number of hydrogen-bond acceptors (Lipinski definition) is 2. The van der Waals surface area contributed by atoms with Gasteiger partial charge < -0.3 is 5.73 Å². The maximum atomic E-state index is 5.79. The molecule has 0 aliphatic carbocycles. The molecular weight excluding hydrogens is 196 g/mol. The summed E-state index contributed by atoms with van der Waals surface area (Å²) in [7, 11) is 0. The summed E-state index contributed by atoms with van der Waals surface area (Å²) in [5.41, 5.74) is 8.00. The van der Waals surface area contributed by atoms with Crippen molar-refractivity contribution < 1.29 is 0 Å². The van der Waals surface area contributed by atoms with E-state index >= 15 is 0 Å². The van der Waals surface area contributed by atoms with Gasteiger partial charge in [-0.05, 0) is 42.5 Å². The summed E-state index contributed by atoms with van der Waals surface area (Å²) in [5.74, 6) is 1.69. The van der Waals surface area contributed by atoms with Crippen LogP contribution in [0.4, 0.5) is 5.69 Å². The second kappa shape index (κ2) is 4.88. The third-order valence-electron chi connectivity index (χ3n) is 3.61. The Morgan fingerprint density at radius 2 is 2.25 bits per heavy atom. The van der Waals surface area contributed by atoms with Crippen LogP contribution in [0.3, 0.4) is 0 Å². The molecule has 1 heterocycles. The fraction of sp³-hybridized carbons (Fsp3) is 0.571. The van der Waals surface area contributed by atoms with Gasteiger partial charge in [-0.3, -0.25) is 4.90 Å². The van der Waals surface area contributed by atoms with Gasteiger partial charge in [0, 0.05) is 18.8 Å². The van der Waals surface area contributed by atoms with Crippen LogP contribution in [0.1, 0.15) is 25.8 Å². The first-order chi connectivity index (χ1) is 7.65.